The maximum absolute atomic E-state index is 12.1. The van der Waals surface area contributed by atoms with Crippen LogP contribution in [0.1, 0.15) is 112 Å². The molecule has 4 aliphatic rings. The molecular formula is C78H116N5NaO49. The summed E-state index contributed by atoms with van der Waals surface area (Å²) in [6, 6.07) is -0.731. The van der Waals surface area contributed by atoms with E-state index in [2.05, 4.69) is 4.89 Å². The number of imide groups is 4. The minimum atomic E-state index is -1.18. The fourth-order valence-electron chi connectivity index (χ4n) is 10.2. The fourth-order valence-corrected chi connectivity index (χ4v) is 10.2. The average molecular weight is 1930 g/mol. The SMILES string of the molecule is C[C@H](CC(=O)COCCOCC(COCCOCC(=O)C[C@@H](C)C(=O)O)(COCCOCC(=O)C[C@@H](C)C(=O)O)COCCOCC(=O)C[C@@H](C)C(=O)O)C(=O)O.C[C@H](N)C(=O)O.O=C(COCCOCC(COCCOCC(=O)ON1C(=O)CCC1=O)(COCCOCC(=O)ON1C(=O)CCC1=O)COCCOCC(=O)ON1C(=O)CCC1=O)ON1C(=O)CCC1=O.O=CO[O-].[Na+]. The molecule has 55 heteroatoms. The van der Waals surface area contributed by atoms with E-state index in [-0.39, 0.29) is 298 Å². The van der Waals surface area contributed by atoms with Crippen molar-refractivity contribution in [3.05, 3.63) is 0 Å². The standard InChI is InChI=1S/C37H48N4O24.C37H60O20.C3H7NO2.CH2O3.Na/c42-25-1-2-26(43)38(25)62-33(50)17-54-9-13-58-21-37(22-59-14-10-55-18-34(51)63-39-27(44)3-4-28(39)45,23-60-15-11-56-19-35(52)64-40-29(46)5-6-30(40)47)24-61-16-12-57-20-36(53)65-41-31(48)7-8-32(41)49;1-25(33(42)43)13-29(38)17-50-5-9-54-21-37(22-55-10-6-51-18-30(39)14-26(2)34(44)45,23-56-11-7-52-19-31(40)15-27(3)35(46)47)24-57-12-8-53-20-32(41)16-28(4)36(48)49;1-2(4)3(5)6;2-1-4-3;/h1-24H2;25-28H,5-24H2,1-4H3,(H,42,43)(H,44,45)(H,46,47)(H,48,49);2H,4H2,1H3,(H,5,6);1,3H;/q;;;;+1/p-1/t;25-,26-,27-,28-;2-;;/m.10../s1. The molecular weight excluding hydrogens is 1810 g/mol. The van der Waals surface area contributed by atoms with Gasteiger partial charge in [-0.3, -0.25) is 86.3 Å². The first-order valence-electron chi connectivity index (χ1n) is 40.8. The number of carbonyl (C=O) groups excluding carboxylic acids is 17. The van der Waals surface area contributed by atoms with Crippen molar-refractivity contribution in [1.29, 1.82) is 0 Å². The molecule has 7 N–H and O–H groups in total. The first-order valence-corrected chi connectivity index (χ1v) is 40.8. The van der Waals surface area contributed by atoms with Gasteiger partial charge in [0, 0.05) is 77.0 Å². The molecule has 748 valence electrons. The van der Waals surface area contributed by atoms with Gasteiger partial charge < -0.3 is 137 Å². The van der Waals surface area contributed by atoms with Crippen LogP contribution < -0.4 is 40.5 Å². The number of nitrogens with two attached hydrogens (primary N) is 1. The molecule has 4 fully saturated rings. The number of carboxylic acids is 5. The molecule has 0 aromatic heterocycles. The summed E-state index contributed by atoms with van der Waals surface area (Å²) in [5.41, 5.74) is 2.62. The molecule has 54 nitrogen and oxygen atoms in total. The minimum Gasteiger partial charge on any atom is -0.662 e. The number of hydrogen-bond acceptors (Lipinski definition) is 45. The summed E-state index contributed by atoms with van der Waals surface area (Å²) < 4.78 is 89.1. The van der Waals surface area contributed by atoms with Gasteiger partial charge >= 0.3 is 83.3 Å². The van der Waals surface area contributed by atoms with Crippen molar-refractivity contribution in [3.8, 4) is 0 Å². The van der Waals surface area contributed by atoms with Crippen LogP contribution in [-0.2, 0) is 206 Å². The second-order valence-corrected chi connectivity index (χ2v) is 29.3. The number of Topliss-reactive ketones (excluding diaryl/α,β-unsaturated/α-hetero) is 4. The predicted octanol–water partition coefficient (Wildman–Crippen LogP) is -7.78. The van der Waals surface area contributed by atoms with Crippen LogP contribution in [0.4, 0.5) is 0 Å². The van der Waals surface area contributed by atoms with Crippen LogP contribution in [0.25, 0.3) is 0 Å². The van der Waals surface area contributed by atoms with Crippen LogP contribution in [0, 0.1) is 34.5 Å². The predicted molar refractivity (Wildman–Crippen MR) is 421 cm³/mol. The largest absolute Gasteiger partial charge is 1.00 e. The van der Waals surface area contributed by atoms with Crippen LogP contribution in [-0.4, -0.2) is 394 Å². The molecule has 0 saturated carbocycles. The molecule has 0 aliphatic carbocycles. The third kappa shape index (κ3) is 57.5. The van der Waals surface area contributed by atoms with Crippen molar-refractivity contribution in [3.63, 3.8) is 0 Å². The van der Waals surface area contributed by atoms with E-state index in [1.165, 1.54) is 34.6 Å². The maximum atomic E-state index is 12.1. The van der Waals surface area contributed by atoms with Gasteiger partial charge in [-0.25, -0.2) is 19.2 Å². The number of hydrogen-bond donors (Lipinski definition) is 6. The Bertz CT molecular complexity index is 3230. The summed E-state index contributed by atoms with van der Waals surface area (Å²) in [5, 5.41) is 53.8. The van der Waals surface area contributed by atoms with Crippen molar-refractivity contribution in [2.24, 2.45) is 40.2 Å². The molecule has 4 heterocycles. The molecule has 0 aromatic rings. The van der Waals surface area contributed by atoms with Crippen molar-refractivity contribution < 1.29 is 266 Å². The Morgan fingerprint density at radius 1 is 0.293 bits per heavy atom. The van der Waals surface area contributed by atoms with E-state index in [0.29, 0.717) is 20.3 Å². The summed E-state index contributed by atoms with van der Waals surface area (Å²) in [4.78, 5) is 274. The summed E-state index contributed by atoms with van der Waals surface area (Å²) >= 11 is 0. The third-order valence-electron chi connectivity index (χ3n) is 17.2. The van der Waals surface area contributed by atoms with Crippen molar-refractivity contribution in [2.75, 3.05) is 211 Å². The van der Waals surface area contributed by atoms with E-state index in [4.69, 9.17) is 136 Å². The first-order chi connectivity index (χ1) is 62.6. The van der Waals surface area contributed by atoms with Gasteiger partial charge in [0.1, 0.15) is 58.9 Å². The van der Waals surface area contributed by atoms with E-state index in [1.807, 2.05) is 0 Å². The normalized spacial score (nSPS) is 14.8. The van der Waals surface area contributed by atoms with Gasteiger partial charge in [0.05, 0.1) is 193 Å². The number of amides is 8. The molecule has 0 bridgehead atoms. The van der Waals surface area contributed by atoms with Gasteiger partial charge in [0.2, 0.25) is 0 Å². The molecule has 4 rings (SSSR count). The number of carboxylic acid groups (broad SMARTS) is 5. The molecule has 4 aliphatic heterocycles. The minimum absolute atomic E-state index is 0. The van der Waals surface area contributed by atoms with E-state index in [9.17, 15) is 101 Å². The zero-order valence-corrected chi connectivity index (χ0v) is 76.6. The van der Waals surface area contributed by atoms with Crippen LogP contribution in [0.2, 0.25) is 0 Å². The van der Waals surface area contributed by atoms with Crippen molar-refractivity contribution in [1.82, 2.24) is 20.3 Å². The summed E-state index contributed by atoms with van der Waals surface area (Å²) in [6.45, 7) is 0.903. The number of rotatable bonds is 74. The van der Waals surface area contributed by atoms with Gasteiger partial charge in [0.15, 0.2) is 23.1 Å². The van der Waals surface area contributed by atoms with E-state index >= 15 is 0 Å². The molecule has 0 radical (unpaired) electrons. The summed E-state index contributed by atoms with van der Waals surface area (Å²) in [7, 11) is 0. The zero-order valence-electron chi connectivity index (χ0n) is 74.6. The smallest absolute Gasteiger partial charge is 0.662 e. The Kier molecular flexibility index (Phi) is 66.5. The van der Waals surface area contributed by atoms with Crippen LogP contribution in [0.15, 0.2) is 0 Å². The van der Waals surface area contributed by atoms with Gasteiger partial charge in [-0.05, 0) is 6.92 Å². The van der Waals surface area contributed by atoms with Gasteiger partial charge in [-0.15, -0.1) is 20.3 Å². The number of hydroxylamine groups is 8. The van der Waals surface area contributed by atoms with Crippen LogP contribution in [0.3, 0.4) is 0 Å². The Balaban J connectivity index is 0.00000238. The number of aliphatic carboxylic acids is 5. The van der Waals surface area contributed by atoms with Gasteiger partial charge in [-0.2, -0.15) is 0 Å². The molecule has 0 spiro atoms. The molecule has 0 unspecified atom stereocenters. The first kappa shape index (κ1) is 123. The van der Waals surface area contributed by atoms with E-state index < -0.39 is 191 Å². The number of ketones is 4. The topological polar surface area (TPSA) is 733 Å². The second-order valence-electron chi connectivity index (χ2n) is 29.3. The van der Waals surface area contributed by atoms with E-state index in [1.54, 1.807) is 0 Å². The molecule has 5 atom stereocenters. The Morgan fingerprint density at radius 2 is 0.429 bits per heavy atom. The molecule has 133 heavy (non-hydrogen) atoms. The van der Waals surface area contributed by atoms with Crippen molar-refractivity contribution >= 4 is 131 Å². The maximum Gasteiger partial charge on any atom is 1.00 e. The van der Waals surface area contributed by atoms with Crippen LogP contribution >= 0.6 is 0 Å². The average Bonchev–Trinajstić information content (AvgIpc) is 1.71. The van der Waals surface area contributed by atoms with Crippen molar-refractivity contribution in [2.45, 2.75) is 118 Å². The number of nitrogens with zero attached hydrogens (tertiary/aromatic N) is 4. The fraction of sp³-hybridized carbons (Fsp3) is 0.718. The molecule has 4 saturated heterocycles. The number of ether oxygens (including phenoxy) is 16. The zero-order chi connectivity index (χ0) is 99.0. The Labute approximate surface area is 782 Å². The monoisotopic (exact) mass is 1930 g/mol. The summed E-state index contributed by atoms with van der Waals surface area (Å²) in [6.07, 6.45) is -1.49. The van der Waals surface area contributed by atoms with Gasteiger partial charge in [-0.1, -0.05) is 27.7 Å². The van der Waals surface area contributed by atoms with E-state index in [0.717, 1.165) is 0 Å². The Morgan fingerprint density at radius 3 is 0.556 bits per heavy atom. The van der Waals surface area contributed by atoms with Gasteiger partial charge in [0.25, 0.3) is 53.7 Å². The molecule has 0 aromatic carbocycles. The quantitative estimate of drug-likeness (QED) is 0.00822. The second kappa shape index (κ2) is 71.7. The summed E-state index contributed by atoms with van der Waals surface area (Å²) in [5.74, 6) is -19.7. The Hall–Kier alpha value is -9.78. The number of carbonyl (C=O) groups is 22. The third-order valence-corrected chi connectivity index (χ3v) is 17.2. The molecule has 8 amide bonds. The van der Waals surface area contributed by atoms with Crippen LogP contribution in [0.5, 0.6) is 0 Å².